The number of ether oxygens (including phenoxy) is 1. The highest BCUT2D eigenvalue weighted by Crippen LogP contribution is 2.36. The number of Topliss-reactive ketones (excluding diaryl/α,β-unsaturated/α-hetero) is 1. The van der Waals surface area contributed by atoms with E-state index in [1.54, 1.807) is 0 Å². The number of ketones is 1. The van der Waals surface area contributed by atoms with Crippen molar-refractivity contribution in [3.05, 3.63) is 27.2 Å². The second kappa shape index (κ2) is 3.77. The third-order valence-corrected chi connectivity index (χ3v) is 3.09. The number of rotatable bonds is 2. The molecule has 0 unspecified atom stereocenters. The normalized spacial score (nSPS) is 13.2. The van der Waals surface area contributed by atoms with E-state index in [9.17, 15) is 9.59 Å². The van der Waals surface area contributed by atoms with Gasteiger partial charge in [-0.15, -0.1) is 0 Å². The molecule has 3 nitrogen and oxygen atoms in total. The molecule has 0 aliphatic carbocycles. The van der Waals surface area contributed by atoms with Crippen LogP contribution in [0.15, 0.2) is 10.5 Å². The number of aldehydes is 1. The zero-order chi connectivity index (χ0) is 11.0. The number of hydrogen-bond donors (Lipinski definition) is 0. The lowest BCUT2D eigenvalue weighted by molar-refractivity contribution is 0.100. The Hall–Kier alpha value is -1.16. The van der Waals surface area contributed by atoms with E-state index in [1.807, 2.05) is 6.07 Å². The summed E-state index contributed by atoms with van der Waals surface area (Å²) in [6, 6.07) is 1.85. The fraction of sp³-hybridized carbons (Fsp3) is 0.273. The van der Waals surface area contributed by atoms with Gasteiger partial charge in [-0.25, -0.2) is 0 Å². The minimum atomic E-state index is -0.142. The minimum absolute atomic E-state index is 0.142. The van der Waals surface area contributed by atoms with E-state index in [0.29, 0.717) is 34.2 Å². The summed E-state index contributed by atoms with van der Waals surface area (Å²) in [5.41, 5.74) is 1.76. The van der Waals surface area contributed by atoms with Gasteiger partial charge in [0.25, 0.3) is 0 Å². The number of hydrogen-bond acceptors (Lipinski definition) is 3. The van der Waals surface area contributed by atoms with Gasteiger partial charge in [0.05, 0.1) is 12.2 Å². The van der Waals surface area contributed by atoms with Crippen LogP contribution in [0.25, 0.3) is 0 Å². The number of benzene rings is 1. The van der Waals surface area contributed by atoms with Gasteiger partial charge in [-0.2, -0.15) is 0 Å². The Bertz CT molecular complexity index is 452. The van der Waals surface area contributed by atoms with Gasteiger partial charge >= 0.3 is 0 Å². The second-order valence-corrected chi connectivity index (χ2v) is 4.26. The van der Waals surface area contributed by atoms with Crippen molar-refractivity contribution < 1.29 is 14.3 Å². The molecule has 0 N–H and O–H groups in total. The van der Waals surface area contributed by atoms with Crippen molar-refractivity contribution in [3.8, 4) is 5.75 Å². The molecule has 0 radical (unpaired) electrons. The molecule has 0 bridgehead atoms. The molecule has 0 spiro atoms. The van der Waals surface area contributed by atoms with E-state index < -0.39 is 0 Å². The van der Waals surface area contributed by atoms with E-state index in [1.165, 1.54) is 6.92 Å². The first-order valence-corrected chi connectivity index (χ1v) is 5.38. The topological polar surface area (TPSA) is 43.4 Å². The molecule has 0 saturated carbocycles. The maximum absolute atomic E-state index is 11.5. The van der Waals surface area contributed by atoms with Crippen molar-refractivity contribution >= 4 is 28.0 Å². The maximum Gasteiger partial charge on any atom is 0.164 e. The van der Waals surface area contributed by atoms with Crippen LogP contribution in [0.2, 0.25) is 0 Å². The van der Waals surface area contributed by atoms with Crippen LogP contribution in [-0.2, 0) is 6.42 Å². The Balaban J connectivity index is 2.76. The zero-order valence-corrected chi connectivity index (χ0v) is 9.76. The monoisotopic (exact) mass is 268 g/mol. The molecule has 0 fully saturated rings. The Morgan fingerprint density at radius 2 is 2.33 bits per heavy atom. The molecule has 0 saturated heterocycles. The van der Waals surface area contributed by atoms with Gasteiger partial charge in [0.15, 0.2) is 12.1 Å². The highest BCUT2D eigenvalue weighted by atomic mass is 79.9. The molecule has 1 aliphatic rings. The van der Waals surface area contributed by atoms with E-state index in [-0.39, 0.29) is 5.78 Å². The number of carbonyl (C=O) groups excluding carboxylic acids is 2. The summed E-state index contributed by atoms with van der Waals surface area (Å²) in [6.45, 7) is 2.01. The van der Waals surface area contributed by atoms with Gasteiger partial charge in [0.2, 0.25) is 0 Å². The van der Waals surface area contributed by atoms with Crippen molar-refractivity contribution in [3.63, 3.8) is 0 Å². The lowest BCUT2D eigenvalue weighted by Gasteiger charge is -2.09. The molecule has 1 heterocycles. The fourth-order valence-corrected chi connectivity index (χ4v) is 2.34. The van der Waals surface area contributed by atoms with Gasteiger partial charge in [-0.1, -0.05) is 15.9 Å². The summed E-state index contributed by atoms with van der Waals surface area (Å²) < 4.78 is 6.05. The smallest absolute Gasteiger partial charge is 0.164 e. The van der Waals surface area contributed by atoms with Crippen LogP contribution in [0, 0.1) is 0 Å². The highest BCUT2D eigenvalue weighted by molar-refractivity contribution is 9.10. The van der Waals surface area contributed by atoms with Crippen LogP contribution in [0.1, 0.15) is 33.2 Å². The molecule has 0 aromatic heterocycles. The van der Waals surface area contributed by atoms with Crippen LogP contribution in [0.5, 0.6) is 5.75 Å². The van der Waals surface area contributed by atoms with Crippen molar-refractivity contribution in [2.45, 2.75) is 13.3 Å². The SMILES string of the molecule is CC(=O)c1c(C=O)c(Br)cc2c1OCC2. The largest absolute Gasteiger partial charge is 0.492 e. The van der Waals surface area contributed by atoms with Crippen molar-refractivity contribution in [1.82, 2.24) is 0 Å². The van der Waals surface area contributed by atoms with Gasteiger partial charge in [-0.3, -0.25) is 9.59 Å². The van der Waals surface area contributed by atoms with E-state index in [2.05, 4.69) is 15.9 Å². The molecule has 0 amide bonds. The molecular formula is C11H9BrO3. The third-order valence-electron chi connectivity index (χ3n) is 2.43. The molecule has 1 aliphatic heterocycles. The summed E-state index contributed by atoms with van der Waals surface area (Å²) >= 11 is 3.29. The molecule has 78 valence electrons. The molecule has 1 aromatic rings. The second-order valence-electron chi connectivity index (χ2n) is 3.41. The van der Waals surface area contributed by atoms with Crippen molar-refractivity contribution in [1.29, 1.82) is 0 Å². The fourth-order valence-electron chi connectivity index (χ4n) is 1.78. The Kier molecular flexibility index (Phi) is 2.61. The molecule has 4 heteroatoms. The molecule has 15 heavy (non-hydrogen) atoms. The molecular weight excluding hydrogens is 260 g/mol. The predicted octanol–water partition coefficient (Wildman–Crippen LogP) is 2.40. The van der Waals surface area contributed by atoms with Gasteiger partial charge in [-0.05, 0) is 18.6 Å². The van der Waals surface area contributed by atoms with E-state index in [4.69, 9.17) is 4.74 Å². The lowest BCUT2D eigenvalue weighted by Crippen LogP contribution is -2.03. The Labute approximate surface area is 95.6 Å². The molecule has 0 atom stereocenters. The summed E-state index contributed by atoms with van der Waals surface area (Å²) in [5, 5.41) is 0. The third kappa shape index (κ3) is 1.59. The van der Waals surface area contributed by atoms with Gasteiger partial charge in [0.1, 0.15) is 5.75 Å². The van der Waals surface area contributed by atoms with E-state index in [0.717, 1.165) is 12.0 Å². The maximum atomic E-state index is 11.5. The number of halogens is 1. The highest BCUT2D eigenvalue weighted by Gasteiger charge is 2.24. The van der Waals surface area contributed by atoms with Crippen LogP contribution >= 0.6 is 15.9 Å². The minimum Gasteiger partial charge on any atom is -0.492 e. The van der Waals surface area contributed by atoms with Crippen LogP contribution in [0.4, 0.5) is 0 Å². The summed E-state index contributed by atoms with van der Waals surface area (Å²) in [6.07, 6.45) is 1.47. The summed E-state index contributed by atoms with van der Waals surface area (Å²) in [4.78, 5) is 22.4. The average molecular weight is 269 g/mol. The first-order valence-electron chi connectivity index (χ1n) is 4.59. The quantitative estimate of drug-likeness (QED) is 0.611. The molecule has 1 aromatic carbocycles. The number of fused-ring (bicyclic) bond motifs is 1. The summed E-state index contributed by atoms with van der Waals surface area (Å²) in [7, 11) is 0. The summed E-state index contributed by atoms with van der Waals surface area (Å²) in [5.74, 6) is 0.435. The van der Waals surface area contributed by atoms with Crippen LogP contribution < -0.4 is 4.74 Å². The van der Waals surface area contributed by atoms with Crippen molar-refractivity contribution in [2.24, 2.45) is 0 Å². The van der Waals surface area contributed by atoms with Gasteiger partial charge < -0.3 is 4.74 Å². The van der Waals surface area contributed by atoms with E-state index >= 15 is 0 Å². The van der Waals surface area contributed by atoms with Crippen molar-refractivity contribution in [2.75, 3.05) is 6.61 Å². The first kappa shape index (κ1) is 10.4. The zero-order valence-electron chi connectivity index (χ0n) is 8.17. The Morgan fingerprint density at radius 1 is 1.60 bits per heavy atom. The first-order chi connectivity index (χ1) is 7.15. The predicted molar refractivity (Wildman–Crippen MR) is 58.7 cm³/mol. The molecule has 2 rings (SSSR count). The van der Waals surface area contributed by atoms with Gasteiger partial charge in [0, 0.05) is 16.5 Å². The average Bonchev–Trinajstić information content (AvgIpc) is 2.62. The van der Waals surface area contributed by atoms with Crippen LogP contribution in [-0.4, -0.2) is 18.7 Å². The lowest BCUT2D eigenvalue weighted by atomic mass is 10.00. The standard InChI is InChI=1S/C11H9BrO3/c1-6(14)10-8(5-13)9(12)4-7-2-3-15-11(7)10/h4-5H,2-3H2,1H3. The van der Waals surface area contributed by atoms with Crippen LogP contribution in [0.3, 0.4) is 0 Å². The Morgan fingerprint density at radius 3 is 2.93 bits per heavy atom. The number of carbonyl (C=O) groups is 2.